The van der Waals surface area contributed by atoms with Crippen LogP contribution in [0.1, 0.15) is 44.1 Å². The topological polar surface area (TPSA) is 76.7 Å². The Kier molecular flexibility index (Phi) is 10.6. The molecule has 0 atom stereocenters. The molecule has 0 radical (unpaired) electrons. The largest absolute Gasteiger partial charge is 0.481 e. The van der Waals surface area contributed by atoms with E-state index in [1.807, 2.05) is 42.5 Å². The number of hydroxylamine groups is 1. The molecule has 2 rings (SSSR count). The Morgan fingerprint density at radius 1 is 0.867 bits per heavy atom. The number of hydrogen-bond donors (Lipinski definition) is 2. The van der Waals surface area contributed by atoms with Crippen molar-refractivity contribution in [3.05, 3.63) is 60.2 Å². The SMILES string of the molecule is C#CCOc1ccc(CONC(=O)CCCCCCC(=O)Nc2ccccc2)cc1. The van der Waals surface area contributed by atoms with Gasteiger partial charge in [0.25, 0.3) is 0 Å². The zero-order chi connectivity index (χ0) is 21.4. The number of para-hydroxylation sites is 1. The molecule has 0 bridgehead atoms. The fraction of sp³-hybridized carbons (Fsp3) is 0.333. The zero-order valence-corrected chi connectivity index (χ0v) is 17.1. The van der Waals surface area contributed by atoms with Gasteiger partial charge in [0.05, 0.1) is 6.61 Å². The minimum Gasteiger partial charge on any atom is -0.481 e. The van der Waals surface area contributed by atoms with Gasteiger partial charge in [-0.25, -0.2) is 5.48 Å². The van der Waals surface area contributed by atoms with Crippen LogP contribution in [-0.2, 0) is 21.0 Å². The quantitative estimate of drug-likeness (QED) is 0.295. The van der Waals surface area contributed by atoms with E-state index >= 15 is 0 Å². The number of carbonyl (C=O) groups is 2. The van der Waals surface area contributed by atoms with Crippen molar-refractivity contribution in [3.8, 4) is 18.1 Å². The van der Waals surface area contributed by atoms with Gasteiger partial charge < -0.3 is 10.1 Å². The van der Waals surface area contributed by atoms with Crippen molar-refractivity contribution in [2.45, 2.75) is 45.1 Å². The minimum absolute atomic E-state index is 0.0167. The summed E-state index contributed by atoms with van der Waals surface area (Å²) >= 11 is 0. The normalized spacial score (nSPS) is 10.1. The molecule has 0 unspecified atom stereocenters. The summed E-state index contributed by atoms with van der Waals surface area (Å²) in [5.41, 5.74) is 4.18. The van der Waals surface area contributed by atoms with Gasteiger partial charge in [0, 0.05) is 18.5 Å². The van der Waals surface area contributed by atoms with E-state index in [2.05, 4.69) is 16.7 Å². The van der Waals surface area contributed by atoms with Crippen molar-refractivity contribution in [1.29, 1.82) is 0 Å². The molecule has 0 saturated heterocycles. The van der Waals surface area contributed by atoms with E-state index < -0.39 is 0 Å². The Balaban J connectivity index is 1.47. The lowest BCUT2D eigenvalue weighted by Gasteiger charge is -2.07. The Morgan fingerprint density at radius 2 is 1.53 bits per heavy atom. The van der Waals surface area contributed by atoms with Gasteiger partial charge in [-0.05, 0) is 42.7 Å². The molecule has 2 aromatic carbocycles. The lowest BCUT2D eigenvalue weighted by Crippen LogP contribution is -2.23. The molecule has 0 fully saturated rings. The van der Waals surface area contributed by atoms with Crippen LogP contribution in [0, 0.1) is 12.3 Å². The summed E-state index contributed by atoms with van der Waals surface area (Å²) in [4.78, 5) is 28.9. The Morgan fingerprint density at radius 3 is 2.20 bits per heavy atom. The summed E-state index contributed by atoms with van der Waals surface area (Å²) in [5.74, 6) is 2.97. The van der Waals surface area contributed by atoms with E-state index in [-0.39, 0.29) is 25.0 Å². The first-order chi connectivity index (χ1) is 14.7. The lowest BCUT2D eigenvalue weighted by molar-refractivity contribution is -0.134. The zero-order valence-electron chi connectivity index (χ0n) is 17.1. The molecule has 2 amide bonds. The predicted molar refractivity (Wildman–Crippen MR) is 116 cm³/mol. The maximum absolute atomic E-state index is 11.8. The number of rotatable bonds is 13. The van der Waals surface area contributed by atoms with E-state index in [4.69, 9.17) is 16.0 Å². The van der Waals surface area contributed by atoms with Crippen LogP contribution in [0.25, 0.3) is 0 Å². The number of unbranched alkanes of at least 4 members (excludes halogenated alkanes) is 3. The van der Waals surface area contributed by atoms with Crippen LogP contribution in [0.4, 0.5) is 5.69 Å². The van der Waals surface area contributed by atoms with Gasteiger partial charge in [-0.3, -0.25) is 14.4 Å². The van der Waals surface area contributed by atoms with E-state index in [1.54, 1.807) is 12.1 Å². The Bertz CT molecular complexity index is 813. The third kappa shape index (κ3) is 9.76. The monoisotopic (exact) mass is 408 g/mol. The van der Waals surface area contributed by atoms with Crippen LogP contribution in [0.15, 0.2) is 54.6 Å². The first-order valence-corrected chi connectivity index (χ1v) is 10.1. The molecule has 0 aliphatic heterocycles. The number of carbonyl (C=O) groups excluding carboxylic acids is 2. The Hall–Kier alpha value is -3.30. The molecule has 0 heterocycles. The first kappa shape index (κ1) is 23.0. The molecular weight excluding hydrogens is 380 g/mol. The molecule has 0 aliphatic rings. The highest BCUT2D eigenvalue weighted by atomic mass is 16.6. The fourth-order valence-electron chi connectivity index (χ4n) is 2.73. The van der Waals surface area contributed by atoms with Gasteiger partial charge >= 0.3 is 0 Å². The van der Waals surface area contributed by atoms with Crippen LogP contribution >= 0.6 is 0 Å². The standard InChI is InChI=1S/C24H28N2O4/c1-2-18-29-22-16-14-20(15-17-22)19-30-26-24(28)13-9-4-3-8-12-23(27)25-21-10-6-5-7-11-21/h1,5-7,10-11,14-17H,3-4,8-9,12-13,18-19H2,(H,25,27)(H,26,28). The average molecular weight is 408 g/mol. The number of nitrogens with one attached hydrogen (secondary N) is 2. The van der Waals surface area contributed by atoms with Crippen LogP contribution in [-0.4, -0.2) is 18.4 Å². The van der Waals surface area contributed by atoms with Gasteiger partial charge in [-0.2, -0.15) is 0 Å². The van der Waals surface area contributed by atoms with Crippen molar-refractivity contribution in [3.63, 3.8) is 0 Å². The van der Waals surface area contributed by atoms with Gasteiger partial charge in [0.2, 0.25) is 11.8 Å². The van der Waals surface area contributed by atoms with E-state index in [0.717, 1.165) is 36.9 Å². The summed E-state index contributed by atoms with van der Waals surface area (Å²) in [6.07, 6.45) is 9.39. The maximum Gasteiger partial charge on any atom is 0.243 e. The van der Waals surface area contributed by atoms with Crippen molar-refractivity contribution >= 4 is 17.5 Å². The van der Waals surface area contributed by atoms with Crippen molar-refractivity contribution in [2.24, 2.45) is 0 Å². The second-order valence-electron chi connectivity index (χ2n) is 6.78. The summed E-state index contributed by atoms with van der Waals surface area (Å²) < 4.78 is 5.30. The molecule has 0 aromatic heterocycles. The smallest absolute Gasteiger partial charge is 0.243 e. The number of benzene rings is 2. The van der Waals surface area contributed by atoms with Gasteiger partial charge in [0.1, 0.15) is 12.4 Å². The summed E-state index contributed by atoms with van der Waals surface area (Å²) in [7, 11) is 0. The number of terminal acetylenes is 1. The number of ether oxygens (including phenoxy) is 1. The molecule has 6 nitrogen and oxygen atoms in total. The van der Waals surface area contributed by atoms with Crippen LogP contribution < -0.4 is 15.5 Å². The number of anilines is 1. The molecule has 0 aliphatic carbocycles. The molecule has 0 spiro atoms. The predicted octanol–water partition coefficient (Wildman–Crippen LogP) is 4.23. The first-order valence-electron chi connectivity index (χ1n) is 10.1. The Labute approximate surface area is 177 Å². The summed E-state index contributed by atoms with van der Waals surface area (Å²) in [6.45, 7) is 0.504. The number of amides is 2. The van der Waals surface area contributed by atoms with Gasteiger partial charge in [-0.15, -0.1) is 6.42 Å². The van der Waals surface area contributed by atoms with Crippen LogP contribution in [0.5, 0.6) is 5.75 Å². The van der Waals surface area contributed by atoms with Gasteiger partial charge in [-0.1, -0.05) is 49.1 Å². The van der Waals surface area contributed by atoms with Crippen molar-refractivity contribution < 1.29 is 19.2 Å². The highest BCUT2D eigenvalue weighted by molar-refractivity contribution is 5.90. The molecule has 6 heteroatoms. The van der Waals surface area contributed by atoms with Crippen molar-refractivity contribution in [2.75, 3.05) is 11.9 Å². The minimum atomic E-state index is -0.147. The summed E-state index contributed by atoms with van der Waals surface area (Å²) in [5, 5.41) is 2.87. The highest BCUT2D eigenvalue weighted by Gasteiger charge is 2.04. The molecule has 2 N–H and O–H groups in total. The van der Waals surface area contributed by atoms with Crippen molar-refractivity contribution in [1.82, 2.24) is 5.48 Å². The lowest BCUT2D eigenvalue weighted by atomic mass is 10.1. The second kappa shape index (κ2) is 13.8. The molecule has 0 saturated carbocycles. The molecular formula is C24H28N2O4. The fourth-order valence-corrected chi connectivity index (χ4v) is 2.73. The third-order valence-corrected chi connectivity index (χ3v) is 4.29. The third-order valence-electron chi connectivity index (χ3n) is 4.29. The van der Waals surface area contributed by atoms with E-state index in [1.165, 1.54) is 0 Å². The second-order valence-corrected chi connectivity index (χ2v) is 6.78. The average Bonchev–Trinajstić information content (AvgIpc) is 2.76. The molecule has 158 valence electrons. The van der Waals surface area contributed by atoms with E-state index in [9.17, 15) is 9.59 Å². The number of hydrogen-bond acceptors (Lipinski definition) is 4. The van der Waals surface area contributed by atoms with Crippen LogP contribution in [0.2, 0.25) is 0 Å². The van der Waals surface area contributed by atoms with Gasteiger partial charge in [0.15, 0.2) is 0 Å². The summed E-state index contributed by atoms with van der Waals surface area (Å²) in [6, 6.07) is 16.7. The van der Waals surface area contributed by atoms with Crippen LogP contribution in [0.3, 0.4) is 0 Å². The molecule has 2 aromatic rings. The highest BCUT2D eigenvalue weighted by Crippen LogP contribution is 2.13. The molecule has 30 heavy (non-hydrogen) atoms. The van der Waals surface area contributed by atoms with E-state index in [0.29, 0.717) is 18.6 Å². The maximum atomic E-state index is 11.8.